The molecule has 3 heterocycles. The Balaban J connectivity index is 1.77. The standard InChI is InChI=1S/C12H13ClN6O/c1-7-2-3-15-11(13)10(7)16-12(20)9-6-19(18-17-9)8-4-14-5-8/h2-3,6,8,14H,4-5H2,1H3,(H,16,20). The molecule has 0 unspecified atom stereocenters. The van der Waals surface area contributed by atoms with E-state index in [1.165, 1.54) is 0 Å². The minimum absolute atomic E-state index is 0.258. The van der Waals surface area contributed by atoms with Gasteiger partial charge in [0.1, 0.15) is 0 Å². The number of anilines is 1. The first kappa shape index (κ1) is 13.0. The smallest absolute Gasteiger partial charge is 0.277 e. The highest BCUT2D eigenvalue weighted by molar-refractivity contribution is 6.32. The molecule has 7 nitrogen and oxygen atoms in total. The van der Waals surface area contributed by atoms with Gasteiger partial charge in [-0.15, -0.1) is 5.10 Å². The van der Waals surface area contributed by atoms with Crippen molar-refractivity contribution in [3.05, 3.63) is 34.9 Å². The minimum atomic E-state index is -0.346. The normalized spacial score (nSPS) is 14.9. The fourth-order valence-corrected chi connectivity index (χ4v) is 2.13. The first-order valence-corrected chi connectivity index (χ1v) is 6.58. The van der Waals surface area contributed by atoms with Crippen LogP contribution in [0, 0.1) is 6.92 Å². The van der Waals surface area contributed by atoms with Crippen LogP contribution >= 0.6 is 11.6 Å². The minimum Gasteiger partial charge on any atom is -0.318 e. The van der Waals surface area contributed by atoms with Crippen LogP contribution in [0.25, 0.3) is 0 Å². The molecular weight excluding hydrogens is 280 g/mol. The molecule has 0 radical (unpaired) electrons. The molecule has 2 N–H and O–H groups in total. The van der Waals surface area contributed by atoms with Crippen LogP contribution in [-0.4, -0.2) is 39.0 Å². The molecule has 0 bridgehead atoms. The molecular formula is C12H13ClN6O. The van der Waals surface area contributed by atoms with Crippen molar-refractivity contribution in [3.63, 3.8) is 0 Å². The number of amides is 1. The van der Waals surface area contributed by atoms with E-state index >= 15 is 0 Å². The quantitative estimate of drug-likeness (QED) is 0.826. The lowest BCUT2D eigenvalue weighted by molar-refractivity contribution is 0.102. The Morgan fingerprint density at radius 1 is 1.55 bits per heavy atom. The van der Waals surface area contributed by atoms with Crippen LogP contribution in [0.3, 0.4) is 0 Å². The van der Waals surface area contributed by atoms with Crippen LogP contribution in [0.5, 0.6) is 0 Å². The third kappa shape index (κ3) is 2.37. The molecule has 0 aromatic carbocycles. The Morgan fingerprint density at radius 3 is 3.00 bits per heavy atom. The van der Waals surface area contributed by atoms with Crippen LogP contribution in [-0.2, 0) is 0 Å². The Hall–Kier alpha value is -1.99. The summed E-state index contributed by atoms with van der Waals surface area (Å²) in [6.45, 7) is 3.54. The average molecular weight is 293 g/mol. The van der Waals surface area contributed by atoms with Gasteiger partial charge in [0.15, 0.2) is 10.8 Å². The summed E-state index contributed by atoms with van der Waals surface area (Å²) in [5.41, 5.74) is 1.60. The lowest BCUT2D eigenvalue weighted by Crippen LogP contribution is -2.43. The number of aromatic nitrogens is 4. The van der Waals surface area contributed by atoms with Gasteiger partial charge in [0.25, 0.3) is 5.91 Å². The molecule has 1 saturated heterocycles. The van der Waals surface area contributed by atoms with Gasteiger partial charge in [0, 0.05) is 19.3 Å². The lowest BCUT2D eigenvalue weighted by atomic mass is 10.2. The highest BCUT2D eigenvalue weighted by atomic mass is 35.5. The first-order chi connectivity index (χ1) is 9.65. The number of carbonyl (C=O) groups is 1. The van der Waals surface area contributed by atoms with Crippen LogP contribution in [0.4, 0.5) is 5.69 Å². The highest BCUT2D eigenvalue weighted by Gasteiger charge is 2.22. The Bertz CT molecular complexity index is 631. The van der Waals surface area contributed by atoms with Crippen LogP contribution < -0.4 is 10.6 Å². The summed E-state index contributed by atoms with van der Waals surface area (Å²) in [6.07, 6.45) is 3.23. The van der Waals surface area contributed by atoms with Crippen molar-refractivity contribution < 1.29 is 4.79 Å². The van der Waals surface area contributed by atoms with E-state index < -0.39 is 0 Å². The number of rotatable bonds is 3. The number of hydrogen-bond donors (Lipinski definition) is 2. The van der Waals surface area contributed by atoms with Gasteiger partial charge in [0.2, 0.25) is 0 Å². The van der Waals surface area contributed by atoms with Crippen molar-refractivity contribution in [2.45, 2.75) is 13.0 Å². The zero-order valence-electron chi connectivity index (χ0n) is 10.8. The third-order valence-corrected chi connectivity index (χ3v) is 3.52. The predicted octanol–water partition coefficient (Wildman–Crippen LogP) is 1.03. The van der Waals surface area contributed by atoms with Crippen molar-refractivity contribution in [3.8, 4) is 0 Å². The molecule has 0 aliphatic carbocycles. The summed E-state index contributed by atoms with van der Waals surface area (Å²) < 4.78 is 1.70. The fourth-order valence-electron chi connectivity index (χ4n) is 1.87. The van der Waals surface area contributed by atoms with Gasteiger partial charge in [-0.3, -0.25) is 4.79 Å². The predicted molar refractivity (Wildman–Crippen MR) is 73.9 cm³/mol. The summed E-state index contributed by atoms with van der Waals surface area (Å²) in [4.78, 5) is 16.1. The summed E-state index contributed by atoms with van der Waals surface area (Å²) in [5.74, 6) is -0.346. The molecule has 2 aromatic rings. The van der Waals surface area contributed by atoms with E-state index in [0.717, 1.165) is 18.7 Å². The number of carbonyl (C=O) groups excluding carboxylic acids is 1. The van der Waals surface area contributed by atoms with Gasteiger partial charge in [-0.25, -0.2) is 9.67 Å². The van der Waals surface area contributed by atoms with Gasteiger partial charge in [-0.05, 0) is 18.6 Å². The molecule has 3 rings (SSSR count). The van der Waals surface area contributed by atoms with E-state index in [9.17, 15) is 4.79 Å². The molecule has 1 aliphatic rings. The van der Waals surface area contributed by atoms with E-state index in [0.29, 0.717) is 5.69 Å². The van der Waals surface area contributed by atoms with Crippen LogP contribution in [0.1, 0.15) is 22.1 Å². The van der Waals surface area contributed by atoms with Crippen molar-refractivity contribution in [2.75, 3.05) is 18.4 Å². The zero-order chi connectivity index (χ0) is 14.1. The molecule has 8 heteroatoms. The molecule has 1 amide bonds. The largest absolute Gasteiger partial charge is 0.318 e. The second kappa shape index (κ2) is 5.18. The lowest BCUT2D eigenvalue weighted by Gasteiger charge is -2.26. The summed E-state index contributed by atoms with van der Waals surface area (Å²) in [7, 11) is 0. The Labute approximate surface area is 120 Å². The van der Waals surface area contributed by atoms with Crippen molar-refractivity contribution >= 4 is 23.2 Å². The second-order valence-corrected chi connectivity index (χ2v) is 5.00. The van der Waals surface area contributed by atoms with E-state index in [-0.39, 0.29) is 22.8 Å². The number of halogens is 1. The maximum Gasteiger partial charge on any atom is 0.277 e. The summed E-state index contributed by atoms with van der Waals surface area (Å²) in [5, 5.41) is 14.0. The molecule has 2 aromatic heterocycles. The van der Waals surface area contributed by atoms with E-state index in [1.807, 2.05) is 6.92 Å². The number of nitrogens with zero attached hydrogens (tertiary/aromatic N) is 4. The zero-order valence-corrected chi connectivity index (χ0v) is 11.6. The second-order valence-electron chi connectivity index (χ2n) is 4.64. The van der Waals surface area contributed by atoms with E-state index in [4.69, 9.17) is 11.6 Å². The molecule has 0 atom stereocenters. The maximum atomic E-state index is 12.1. The number of hydrogen-bond acceptors (Lipinski definition) is 5. The van der Waals surface area contributed by atoms with E-state index in [1.54, 1.807) is 23.1 Å². The van der Waals surface area contributed by atoms with Crippen molar-refractivity contribution in [2.24, 2.45) is 0 Å². The SMILES string of the molecule is Cc1ccnc(Cl)c1NC(=O)c1cn(C2CNC2)nn1. The molecule has 1 fully saturated rings. The number of nitrogens with one attached hydrogen (secondary N) is 2. The topological polar surface area (TPSA) is 84.7 Å². The van der Waals surface area contributed by atoms with Gasteiger partial charge in [0.05, 0.1) is 17.9 Å². The van der Waals surface area contributed by atoms with Crippen LogP contribution in [0.15, 0.2) is 18.5 Å². The van der Waals surface area contributed by atoms with Gasteiger partial charge < -0.3 is 10.6 Å². The third-order valence-electron chi connectivity index (χ3n) is 3.23. The summed E-state index contributed by atoms with van der Waals surface area (Å²) in [6, 6.07) is 2.05. The van der Waals surface area contributed by atoms with Crippen molar-refractivity contribution in [1.29, 1.82) is 0 Å². The average Bonchev–Trinajstić information content (AvgIpc) is 2.81. The highest BCUT2D eigenvalue weighted by Crippen LogP contribution is 2.23. The van der Waals surface area contributed by atoms with Gasteiger partial charge >= 0.3 is 0 Å². The van der Waals surface area contributed by atoms with Gasteiger partial charge in [-0.2, -0.15) is 0 Å². The molecule has 104 valence electrons. The number of aryl methyl sites for hydroxylation is 1. The maximum absolute atomic E-state index is 12.1. The molecule has 20 heavy (non-hydrogen) atoms. The van der Waals surface area contributed by atoms with Crippen LogP contribution in [0.2, 0.25) is 5.15 Å². The fraction of sp³-hybridized carbons (Fsp3) is 0.333. The monoisotopic (exact) mass is 292 g/mol. The Morgan fingerprint density at radius 2 is 2.35 bits per heavy atom. The molecule has 0 saturated carbocycles. The van der Waals surface area contributed by atoms with Crippen molar-refractivity contribution in [1.82, 2.24) is 25.3 Å². The first-order valence-electron chi connectivity index (χ1n) is 6.20. The Kier molecular flexibility index (Phi) is 3.37. The summed E-state index contributed by atoms with van der Waals surface area (Å²) >= 11 is 5.97. The van der Waals surface area contributed by atoms with Gasteiger partial charge in [-0.1, -0.05) is 16.8 Å². The number of pyridine rings is 1. The molecule has 0 spiro atoms. The molecule has 1 aliphatic heterocycles. The van der Waals surface area contributed by atoms with E-state index in [2.05, 4.69) is 25.9 Å².